The van der Waals surface area contributed by atoms with Crippen LogP contribution in [0.5, 0.6) is 5.75 Å². The lowest BCUT2D eigenvalue weighted by atomic mass is 10.2. The second kappa shape index (κ2) is 6.40. The molecule has 0 atom stereocenters. The topological polar surface area (TPSA) is 41.5 Å². The normalized spacial score (nSPS) is 10.1. The number of aryl methyl sites for hydroxylation is 1. The summed E-state index contributed by atoms with van der Waals surface area (Å²) < 4.78 is 5.46. The number of ether oxygens (including phenoxy) is 1. The van der Waals surface area contributed by atoms with Gasteiger partial charge in [0.15, 0.2) is 0 Å². The molecule has 1 aromatic carbocycles. The summed E-state index contributed by atoms with van der Waals surface area (Å²) in [4.78, 5) is 0. The van der Waals surface area contributed by atoms with E-state index in [1.165, 1.54) is 5.56 Å². The van der Waals surface area contributed by atoms with Crippen LogP contribution in [0, 0.1) is 0 Å². The number of hydrogen-bond acceptors (Lipinski definition) is 3. The van der Waals surface area contributed by atoms with E-state index in [0.717, 1.165) is 18.6 Å². The second-order valence-corrected chi connectivity index (χ2v) is 3.11. The van der Waals surface area contributed by atoms with Crippen LogP contribution in [0.2, 0.25) is 0 Å². The molecule has 1 aromatic rings. The fourth-order valence-corrected chi connectivity index (χ4v) is 1.16. The Kier molecular flexibility index (Phi) is 5.04. The Morgan fingerprint density at radius 1 is 1.29 bits per heavy atom. The van der Waals surface area contributed by atoms with Crippen LogP contribution in [0.25, 0.3) is 0 Å². The third-order valence-electron chi connectivity index (χ3n) is 2.03. The molecule has 0 radical (unpaired) electrons. The smallest absolute Gasteiger partial charge is 0.119 e. The minimum absolute atomic E-state index is 0.563. The number of nitrogens with one attached hydrogen (secondary N) is 1. The van der Waals surface area contributed by atoms with Gasteiger partial charge in [0, 0.05) is 6.54 Å². The van der Waals surface area contributed by atoms with Crippen molar-refractivity contribution in [3.63, 3.8) is 0 Å². The van der Waals surface area contributed by atoms with Crippen molar-refractivity contribution in [1.29, 1.82) is 0 Å². The highest BCUT2D eigenvalue weighted by atomic mass is 16.5. The molecule has 0 spiro atoms. The Morgan fingerprint density at radius 3 is 2.57 bits per heavy atom. The molecule has 0 bridgehead atoms. The molecule has 0 aliphatic heterocycles. The molecule has 2 N–H and O–H groups in total. The Morgan fingerprint density at radius 2 is 2.00 bits per heavy atom. The summed E-state index contributed by atoms with van der Waals surface area (Å²) in [5.41, 5.74) is 3.41. The summed E-state index contributed by atoms with van der Waals surface area (Å²) in [6, 6.07) is 8.09. The van der Waals surface area contributed by atoms with Gasteiger partial charge in [0.1, 0.15) is 5.75 Å². The lowest BCUT2D eigenvalue weighted by Crippen LogP contribution is -2.12. The number of rotatable bonds is 6. The molecule has 0 aromatic heterocycles. The molecule has 0 unspecified atom stereocenters. The van der Waals surface area contributed by atoms with Crippen LogP contribution >= 0.6 is 0 Å². The van der Waals surface area contributed by atoms with Crippen LogP contribution in [-0.4, -0.2) is 18.4 Å². The fraction of sp³-hybridized carbons (Fsp3) is 0.455. The highest BCUT2D eigenvalue weighted by Gasteiger charge is 1.93. The van der Waals surface area contributed by atoms with Gasteiger partial charge in [0.05, 0.1) is 6.61 Å². The van der Waals surface area contributed by atoms with Crippen molar-refractivity contribution in [3.8, 4) is 5.75 Å². The monoisotopic (exact) mass is 195 g/mol. The average Bonchev–Trinajstić information content (AvgIpc) is 2.25. The minimum atomic E-state index is 0.563. The van der Waals surface area contributed by atoms with Crippen molar-refractivity contribution in [2.45, 2.75) is 19.8 Å². The molecule has 14 heavy (non-hydrogen) atoms. The second-order valence-electron chi connectivity index (χ2n) is 3.11. The van der Waals surface area contributed by atoms with E-state index >= 15 is 0 Å². The van der Waals surface area contributed by atoms with E-state index in [0.29, 0.717) is 13.2 Å². The summed E-state index contributed by atoms with van der Waals surface area (Å²) in [7, 11) is 0. The lowest BCUT2D eigenvalue weighted by Gasteiger charge is -2.05. The fourth-order valence-electron chi connectivity index (χ4n) is 1.16. The first kappa shape index (κ1) is 11.0. The van der Waals surface area contributed by atoms with E-state index < -0.39 is 0 Å². The van der Waals surface area contributed by atoms with E-state index in [1.54, 1.807) is 0 Å². The van der Waals surface area contributed by atoms with Crippen molar-refractivity contribution in [2.75, 3.05) is 13.2 Å². The summed E-state index contributed by atoms with van der Waals surface area (Å²) in [6.45, 7) is 3.31. The number of benzene rings is 1. The molecule has 0 saturated carbocycles. The summed E-state index contributed by atoms with van der Waals surface area (Å²) in [5.74, 6) is 0.889. The molecule has 0 amide bonds. The average molecular weight is 195 g/mol. The molecule has 0 fully saturated rings. The Bertz CT molecular complexity index is 246. The van der Waals surface area contributed by atoms with Crippen molar-refractivity contribution in [2.24, 2.45) is 0 Å². The molecule has 3 nitrogen and oxygen atoms in total. The summed E-state index contributed by atoms with van der Waals surface area (Å²) in [5, 5.41) is 8.33. The first-order chi connectivity index (χ1) is 6.86. The Labute approximate surface area is 84.7 Å². The maximum Gasteiger partial charge on any atom is 0.119 e. The maximum absolute atomic E-state index is 8.33. The first-order valence-electron chi connectivity index (χ1n) is 4.95. The van der Waals surface area contributed by atoms with Gasteiger partial charge in [0.2, 0.25) is 0 Å². The van der Waals surface area contributed by atoms with Crippen LogP contribution in [-0.2, 0) is 6.42 Å². The van der Waals surface area contributed by atoms with Crippen molar-refractivity contribution in [3.05, 3.63) is 29.8 Å². The van der Waals surface area contributed by atoms with E-state index in [-0.39, 0.29) is 0 Å². The molecule has 0 aliphatic carbocycles. The molecule has 0 heterocycles. The highest BCUT2D eigenvalue weighted by Crippen LogP contribution is 2.12. The number of hydroxylamine groups is 1. The van der Waals surface area contributed by atoms with Crippen LogP contribution in [0.15, 0.2) is 24.3 Å². The van der Waals surface area contributed by atoms with Crippen LogP contribution in [0.1, 0.15) is 18.9 Å². The van der Waals surface area contributed by atoms with Crippen LogP contribution in [0.3, 0.4) is 0 Å². The third-order valence-corrected chi connectivity index (χ3v) is 2.03. The molecule has 0 saturated heterocycles. The summed E-state index contributed by atoms with van der Waals surface area (Å²) in [6.07, 6.45) is 1.85. The Balaban J connectivity index is 2.29. The van der Waals surface area contributed by atoms with Crippen LogP contribution in [0.4, 0.5) is 0 Å². The van der Waals surface area contributed by atoms with E-state index in [1.807, 2.05) is 12.1 Å². The van der Waals surface area contributed by atoms with E-state index in [2.05, 4.69) is 24.5 Å². The quantitative estimate of drug-likeness (QED) is 0.539. The van der Waals surface area contributed by atoms with Crippen molar-refractivity contribution in [1.82, 2.24) is 5.48 Å². The third kappa shape index (κ3) is 3.77. The lowest BCUT2D eigenvalue weighted by molar-refractivity contribution is 0.157. The Hall–Kier alpha value is -1.06. The van der Waals surface area contributed by atoms with Gasteiger partial charge >= 0.3 is 0 Å². The van der Waals surface area contributed by atoms with Gasteiger partial charge < -0.3 is 9.94 Å². The minimum Gasteiger partial charge on any atom is -0.494 e. The van der Waals surface area contributed by atoms with Gasteiger partial charge in [-0.2, -0.15) is 0 Å². The van der Waals surface area contributed by atoms with Gasteiger partial charge in [-0.1, -0.05) is 19.1 Å². The molecule has 1 rings (SSSR count). The zero-order valence-electron chi connectivity index (χ0n) is 8.49. The van der Waals surface area contributed by atoms with Gasteiger partial charge in [-0.25, -0.2) is 5.48 Å². The molecule has 78 valence electrons. The van der Waals surface area contributed by atoms with E-state index in [4.69, 9.17) is 9.94 Å². The highest BCUT2D eigenvalue weighted by molar-refractivity contribution is 5.27. The standard InChI is InChI=1S/C11H17NO2/c1-2-10-4-6-11(7-5-10)14-9-3-8-12-13/h4-7,12-13H,2-3,8-9H2,1H3. The largest absolute Gasteiger partial charge is 0.494 e. The number of hydrogen-bond donors (Lipinski definition) is 2. The SMILES string of the molecule is CCc1ccc(OCCCNO)cc1. The zero-order valence-corrected chi connectivity index (χ0v) is 8.49. The van der Waals surface area contributed by atoms with Crippen LogP contribution < -0.4 is 10.2 Å². The van der Waals surface area contributed by atoms with Gasteiger partial charge in [-0.05, 0) is 30.5 Å². The molecule has 3 heteroatoms. The van der Waals surface area contributed by atoms with Crippen molar-refractivity contribution >= 4 is 0 Å². The zero-order chi connectivity index (χ0) is 10.2. The predicted molar refractivity (Wildman–Crippen MR) is 55.7 cm³/mol. The van der Waals surface area contributed by atoms with E-state index in [9.17, 15) is 0 Å². The summed E-state index contributed by atoms with van der Waals surface area (Å²) >= 11 is 0. The molecular formula is C11H17NO2. The van der Waals surface area contributed by atoms with Gasteiger partial charge in [-0.3, -0.25) is 0 Å². The van der Waals surface area contributed by atoms with Gasteiger partial charge in [-0.15, -0.1) is 0 Å². The molecular weight excluding hydrogens is 178 g/mol. The maximum atomic E-state index is 8.33. The predicted octanol–water partition coefficient (Wildman–Crippen LogP) is 2.00. The van der Waals surface area contributed by atoms with Crippen molar-refractivity contribution < 1.29 is 9.94 Å². The van der Waals surface area contributed by atoms with Gasteiger partial charge in [0.25, 0.3) is 0 Å². The first-order valence-corrected chi connectivity index (χ1v) is 4.95. The molecule has 0 aliphatic rings.